The third-order valence-electron chi connectivity index (χ3n) is 2.26. The van der Waals surface area contributed by atoms with Crippen LogP contribution in [-0.4, -0.2) is 10.8 Å². The van der Waals surface area contributed by atoms with Crippen LogP contribution in [0.15, 0.2) is 36.5 Å². The number of carbonyl (C=O) groups excluding carboxylic acids is 1. The van der Waals surface area contributed by atoms with Crippen molar-refractivity contribution in [2.24, 2.45) is 0 Å². The molecule has 0 fully saturated rings. The van der Waals surface area contributed by atoms with Crippen LogP contribution in [0.5, 0.6) is 0 Å². The van der Waals surface area contributed by atoms with E-state index >= 15 is 0 Å². The Morgan fingerprint density at radius 1 is 1.33 bits per heavy atom. The van der Waals surface area contributed by atoms with Crippen LogP contribution >= 0.6 is 0 Å². The minimum absolute atomic E-state index is 0.122. The number of hydrogen-bond acceptors (Lipinski definition) is 1. The molecule has 1 N–H and O–H groups in total. The van der Waals surface area contributed by atoms with Crippen molar-refractivity contribution in [3.05, 3.63) is 59.2 Å². The largest absolute Gasteiger partial charge is 0.359 e. The fourth-order valence-electron chi connectivity index (χ4n) is 1.41. The van der Waals surface area contributed by atoms with Crippen molar-refractivity contribution in [1.29, 1.82) is 0 Å². The quantitative estimate of drug-likeness (QED) is 0.748. The predicted octanol–water partition coefficient (Wildman–Crippen LogP) is 2.69. The summed E-state index contributed by atoms with van der Waals surface area (Å²) in [5.41, 5.74) is 1.49. The maximum Gasteiger partial charge on any atom is 0.209 e. The normalized spacial score (nSPS) is 10.3. The lowest BCUT2D eigenvalue weighted by molar-refractivity contribution is 0.103. The van der Waals surface area contributed by atoms with Crippen LogP contribution in [0.2, 0.25) is 0 Å². The molecule has 2 nitrogen and oxygen atoms in total. The van der Waals surface area contributed by atoms with Crippen LogP contribution in [-0.2, 0) is 0 Å². The summed E-state index contributed by atoms with van der Waals surface area (Å²) in [4.78, 5) is 14.6. The number of aromatic amines is 1. The van der Waals surface area contributed by atoms with E-state index in [-0.39, 0.29) is 11.6 Å². The van der Waals surface area contributed by atoms with Gasteiger partial charge in [0.05, 0.1) is 5.69 Å². The van der Waals surface area contributed by atoms with Gasteiger partial charge >= 0.3 is 0 Å². The SMILES string of the molecule is Cc1cc(C(=O)c2ccc[nH]2)ccc1F. The number of halogens is 1. The third kappa shape index (κ3) is 1.81. The van der Waals surface area contributed by atoms with Crippen LogP contribution in [0.4, 0.5) is 4.39 Å². The first-order valence-corrected chi connectivity index (χ1v) is 4.63. The lowest BCUT2D eigenvalue weighted by Crippen LogP contribution is -2.02. The zero-order valence-electron chi connectivity index (χ0n) is 8.25. The Balaban J connectivity index is 2.39. The van der Waals surface area contributed by atoms with Gasteiger partial charge in [0, 0.05) is 11.8 Å². The molecular weight excluding hydrogens is 193 g/mol. The molecule has 0 aliphatic carbocycles. The van der Waals surface area contributed by atoms with Crippen LogP contribution in [0, 0.1) is 12.7 Å². The van der Waals surface area contributed by atoms with E-state index in [2.05, 4.69) is 4.98 Å². The average Bonchev–Trinajstić information content (AvgIpc) is 2.74. The summed E-state index contributed by atoms with van der Waals surface area (Å²) in [6, 6.07) is 7.81. The summed E-state index contributed by atoms with van der Waals surface area (Å²) >= 11 is 0. The second-order valence-corrected chi connectivity index (χ2v) is 3.38. The fourth-order valence-corrected chi connectivity index (χ4v) is 1.41. The summed E-state index contributed by atoms with van der Waals surface area (Å²) < 4.78 is 13.0. The molecule has 2 aromatic rings. The molecule has 0 saturated heterocycles. The van der Waals surface area contributed by atoms with E-state index in [1.165, 1.54) is 12.1 Å². The van der Waals surface area contributed by atoms with Crippen molar-refractivity contribution in [2.75, 3.05) is 0 Å². The van der Waals surface area contributed by atoms with Gasteiger partial charge in [-0.25, -0.2) is 4.39 Å². The molecule has 76 valence electrons. The molecule has 15 heavy (non-hydrogen) atoms. The molecule has 3 heteroatoms. The van der Waals surface area contributed by atoms with E-state index in [0.717, 1.165) is 0 Å². The van der Waals surface area contributed by atoms with E-state index in [0.29, 0.717) is 16.8 Å². The maximum absolute atomic E-state index is 13.0. The van der Waals surface area contributed by atoms with E-state index in [4.69, 9.17) is 0 Å². The van der Waals surface area contributed by atoms with Crippen molar-refractivity contribution in [3.8, 4) is 0 Å². The Hall–Kier alpha value is -1.90. The number of H-pyrrole nitrogens is 1. The second-order valence-electron chi connectivity index (χ2n) is 3.38. The summed E-state index contributed by atoms with van der Waals surface area (Å²) in [7, 11) is 0. The van der Waals surface area contributed by atoms with Gasteiger partial charge < -0.3 is 4.98 Å². The first-order valence-electron chi connectivity index (χ1n) is 4.63. The van der Waals surface area contributed by atoms with Crippen LogP contribution in [0.25, 0.3) is 0 Å². The average molecular weight is 203 g/mol. The van der Waals surface area contributed by atoms with Gasteiger partial charge in [0.15, 0.2) is 0 Å². The van der Waals surface area contributed by atoms with Gasteiger partial charge in [0.1, 0.15) is 5.82 Å². The highest BCUT2D eigenvalue weighted by atomic mass is 19.1. The van der Waals surface area contributed by atoms with Gasteiger partial charge in [-0.1, -0.05) is 0 Å². The standard InChI is InChI=1S/C12H10FNO/c1-8-7-9(4-5-10(8)13)12(15)11-3-2-6-14-11/h2-7,14H,1H3. The third-order valence-corrected chi connectivity index (χ3v) is 2.26. The number of aryl methyl sites for hydroxylation is 1. The molecule has 2 rings (SSSR count). The van der Waals surface area contributed by atoms with Crippen molar-refractivity contribution in [3.63, 3.8) is 0 Å². The summed E-state index contributed by atoms with van der Waals surface area (Å²) in [6.45, 7) is 1.64. The summed E-state index contributed by atoms with van der Waals surface area (Å²) in [5.74, 6) is -0.416. The number of ketones is 1. The minimum Gasteiger partial charge on any atom is -0.359 e. The molecule has 1 heterocycles. The van der Waals surface area contributed by atoms with Gasteiger partial charge in [-0.2, -0.15) is 0 Å². The molecule has 0 saturated carbocycles. The summed E-state index contributed by atoms with van der Waals surface area (Å²) in [6.07, 6.45) is 1.68. The fraction of sp³-hybridized carbons (Fsp3) is 0.0833. The highest BCUT2D eigenvalue weighted by Crippen LogP contribution is 2.12. The number of hydrogen-bond donors (Lipinski definition) is 1. The van der Waals surface area contributed by atoms with Gasteiger partial charge in [-0.3, -0.25) is 4.79 Å². The van der Waals surface area contributed by atoms with Gasteiger partial charge in [0.2, 0.25) is 5.78 Å². The first kappa shape index (κ1) is 9.65. The zero-order valence-corrected chi connectivity index (χ0v) is 8.25. The molecule has 0 aliphatic heterocycles. The number of benzene rings is 1. The molecule has 0 spiro atoms. The zero-order chi connectivity index (χ0) is 10.8. The smallest absolute Gasteiger partial charge is 0.209 e. The molecular formula is C12H10FNO. The van der Waals surface area contributed by atoms with Gasteiger partial charge in [0.25, 0.3) is 0 Å². The van der Waals surface area contributed by atoms with E-state index in [9.17, 15) is 9.18 Å². The molecule has 0 unspecified atom stereocenters. The molecule has 0 amide bonds. The topological polar surface area (TPSA) is 32.9 Å². The van der Waals surface area contributed by atoms with Crippen molar-refractivity contribution >= 4 is 5.78 Å². The van der Waals surface area contributed by atoms with Crippen molar-refractivity contribution in [1.82, 2.24) is 4.98 Å². The lowest BCUT2D eigenvalue weighted by atomic mass is 10.1. The Morgan fingerprint density at radius 2 is 2.13 bits per heavy atom. The minimum atomic E-state index is -0.293. The molecule has 0 aliphatic rings. The lowest BCUT2D eigenvalue weighted by Gasteiger charge is -2.01. The first-order chi connectivity index (χ1) is 7.18. The van der Waals surface area contributed by atoms with Crippen LogP contribution in [0.3, 0.4) is 0 Å². The van der Waals surface area contributed by atoms with E-state index < -0.39 is 0 Å². The molecule has 0 atom stereocenters. The monoisotopic (exact) mass is 203 g/mol. The predicted molar refractivity (Wildman–Crippen MR) is 55.4 cm³/mol. The van der Waals surface area contributed by atoms with Crippen LogP contribution in [0.1, 0.15) is 21.6 Å². The van der Waals surface area contributed by atoms with Crippen molar-refractivity contribution in [2.45, 2.75) is 6.92 Å². The molecule has 0 radical (unpaired) electrons. The van der Waals surface area contributed by atoms with Gasteiger partial charge in [-0.15, -0.1) is 0 Å². The Bertz CT molecular complexity index is 488. The number of aromatic nitrogens is 1. The van der Waals surface area contributed by atoms with Crippen LogP contribution < -0.4 is 0 Å². The number of rotatable bonds is 2. The maximum atomic E-state index is 13.0. The van der Waals surface area contributed by atoms with Gasteiger partial charge in [-0.05, 0) is 42.8 Å². The Morgan fingerprint density at radius 3 is 2.73 bits per heavy atom. The van der Waals surface area contributed by atoms with Crippen molar-refractivity contribution < 1.29 is 9.18 Å². The van der Waals surface area contributed by atoms with E-state index in [1.54, 1.807) is 31.3 Å². The highest BCUT2D eigenvalue weighted by Gasteiger charge is 2.10. The number of carbonyl (C=O) groups is 1. The molecule has 1 aromatic heterocycles. The highest BCUT2D eigenvalue weighted by molar-refractivity contribution is 6.07. The second kappa shape index (κ2) is 3.69. The Labute approximate surface area is 86.8 Å². The van der Waals surface area contributed by atoms with E-state index in [1.807, 2.05) is 0 Å². The summed E-state index contributed by atoms with van der Waals surface area (Å²) in [5, 5.41) is 0. The molecule has 1 aromatic carbocycles. The Kier molecular flexibility index (Phi) is 2.37. The number of nitrogens with one attached hydrogen (secondary N) is 1. The molecule has 0 bridgehead atoms.